The first kappa shape index (κ1) is 13.0. The largest absolute Gasteiger partial charge is 0.395 e. The van der Waals surface area contributed by atoms with Crippen LogP contribution in [0.5, 0.6) is 0 Å². The van der Waals surface area contributed by atoms with E-state index >= 15 is 0 Å². The molecule has 0 saturated carbocycles. The molecule has 1 fully saturated rings. The zero-order valence-corrected chi connectivity index (χ0v) is 10.7. The van der Waals surface area contributed by atoms with Gasteiger partial charge in [0.05, 0.1) is 19.3 Å². The molecule has 1 aromatic heterocycles. The van der Waals surface area contributed by atoms with Crippen LogP contribution in [0.4, 0.5) is 11.6 Å². The molecule has 2 heterocycles. The van der Waals surface area contributed by atoms with Gasteiger partial charge in [-0.3, -0.25) is 0 Å². The molecule has 1 unspecified atom stereocenters. The van der Waals surface area contributed by atoms with E-state index in [0.717, 1.165) is 31.0 Å². The molecule has 0 aromatic carbocycles. The lowest BCUT2D eigenvalue weighted by atomic mass is 10.2. The molecule has 1 aromatic rings. The van der Waals surface area contributed by atoms with Crippen molar-refractivity contribution in [3.8, 4) is 0 Å². The number of anilines is 2. The Morgan fingerprint density at radius 3 is 3.00 bits per heavy atom. The molecular weight excluding hydrogens is 232 g/mol. The summed E-state index contributed by atoms with van der Waals surface area (Å²) in [5.41, 5.74) is 0. The smallest absolute Gasteiger partial charge is 0.134 e. The van der Waals surface area contributed by atoms with Gasteiger partial charge < -0.3 is 20.0 Å². The first-order valence-electron chi connectivity index (χ1n) is 6.27. The molecule has 6 heteroatoms. The third-order valence-corrected chi connectivity index (χ3v) is 3.35. The van der Waals surface area contributed by atoms with E-state index in [0.29, 0.717) is 6.54 Å². The molecule has 1 aliphatic heterocycles. The highest BCUT2D eigenvalue weighted by Gasteiger charge is 2.25. The van der Waals surface area contributed by atoms with E-state index in [9.17, 15) is 5.11 Å². The van der Waals surface area contributed by atoms with Crippen LogP contribution in [0, 0.1) is 0 Å². The third-order valence-electron chi connectivity index (χ3n) is 3.35. The van der Waals surface area contributed by atoms with Gasteiger partial charge in [0.1, 0.15) is 18.0 Å². The Balaban J connectivity index is 2.16. The van der Waals surface area contributed by atoms with Crippen molar-refractivity contribution >= 4 is 11.6 Å². The number of hydrogen-bond acceptors (Lipinski definition) is 6. The molecule has 0 radical (unpaired) electrons. The highest BCUT2D eigenvalue weighted by atomic mass is 16.3. The van der Waals surface area contributed by atoms with Crippen molar-refractivity contribution in [3.63, 3.8) is 0 Å². The van der Waals surface area contributed by atoms with Crippen molar-refractivity contribution in [2.45, 2.75) is 18.9 Å². The van der Waals surface area contributed by atoms with Gasteiger partial charge in [0.2, 0.25) is 0 Å². The van der Waals surface area contributed by atoms with Crippen LogP contribution in [0.1, 0.15) is 12.8 Å². The van der Waals surface area contributed by atoms with Crippen LogP contribution in [0.25, 0.3) is 0 Å². The van der Waals surface area contributed by atoms with E-state index in [1.165, 1.54) is 6.33 Å². The summed E-state index contributed by atoms with van der Waals surface area (Å²) in [5, 5.41) is 18.3. The number of nitrogens with zero attached hydrogens (tertiary/aromatic N) is 4. The predicted molar refractivity (Wildman–Crippen MR) is 69.8 cm³/mol. The zero-order chi connectivity index (χ0) is 13.0. The number of hydrogen-bond donors (Lipinski definition) is 2. The highest BCUT2D eigenvalue weighted by Crippen LogP contribution is 2.25. The van der Waals surface area contributed by atoms with Gasteiger partial charge in [-0.05, 0) is 12.8 Å². The Morgan fingerprint density at radius 2 is 2.28 bits per heavy atom. The SMILES string of the molecule is CN(CCO)c1cc(N2CCCC2CO)ncn1. The fraction of sp³-hybridized carbons (Fsp3) is 0.667. The molecule has 0 amide bonds. The summed E-state index contributed by atoms with van der Waals surface area (Å²) in [6.45, 7) is 1.72. The molecule has 2 N–H and O–H groups in total. The van der Waals surface area contributed by atoms with Crippen molar-refractivity contribution in [2.24, 2.45) is 0 Å². The van der Waals surface area contributed by atoms with Crippen LogP contribution in [0.3, 0.4) is 0 Å². The summed E-state index contributed by atoms with van der Waals surface area (Å²) in [6.07, 6.45) is 3.62. The Bertz CT molecular complexity index is 388. The second kappa shape index (κ2) is 5.97. The first-order chi connectivity index (χ1) is 8.76. The highest BCUT2D eigenvalue weighted by molar-refractivity contribution is 5.50. The second-order valence-electron chi connectivity index (χ2n) is 4.55. The first-order valence-corrected chi connectivity index (χ1v) is 6.27. The van der Waals surface area contributed by atoms with Crippen LogP contribution in [-0.2, 0) is 0 Å². The minimum atomic E-state index is 0.0960. The number of aliphatic hydroxyl groups excluding tert-OH is 2. The maximum atomic E-state index is 9.33. The van der Waals surface area contributed by atoms with E-state index in [1.807, 2.05) is 18.0 Å². The van der Waals surface area contributed by atoms with Gasteiger partial charge in [0, 0.05) is 26.2 Å². The van der Waals surface area contributed by atoms with Gasteiger partial charge in [-0.1, -0.05) is 0 Å². The molecule has 1 atom stereocenters. The molecule has 1 saturated heterocycles. The monoisotopic (exact) mass is 252 g/mol. The van der Waals surface area contributed by atoms with Crippen LogP contribution in [-0.4, -0.2) is 59.6 Å². The quantitative estimate of drug-likeness (QED) is 0.760. The maximum absolute atomic E-state index is 9.33. The summed E-state index contributed by atoms with van der Waals surface area (Å²) < 4.78 is 0. The number of rotatable bonds is 5. The fourth-order valence-corrected chi connectivity index (χ4v) is 2.29. The van der Waals surface area contributed by atoms with E-state index in [-0.39, 0.29) is 19.3 Å². The summed E-state index contributed by atoms with van der Waals surface area (Å²) in [6, 6.07) is 2.07. The average Bonchev–Trinajstić information content (AvgIpc) is 2.87. The van der Waals surface area contributed by atoms with Gasteiger partial charge in [-0.2, -0.15) is 0 Å². The average molecular weight is 252 g/mol. The fourth-order valence-electron chi connectivity index (χ4n) is 2.29. The maximum Gasteiger partial charge on any atom is 0.134 e. The summed E-state index contributed by atoms with van der Waals surface area (Å²) in [4.78, 5) is 12.5. The van der Waals surface area contributed by atoms with Crippen molar-refractivity contribution < 1.29 is 10.2 Å². The van der Waals surface area contributed by atoms with E-state index in [1.54, 1.807) is 0 Å². The van der Waals surface area contributed by atoms with Crippen LogP contribution < -0.4 is 9.80 Å². The van der Waals surface area contributed by atoms with Crippen molar-refractivity contribution in [1.29, 1.82) is 0 Å². The Labute approximate surface area is 107 Å². The van der Waals surface area contributed by atoms with Gasteiger partial charge in [0.25, 0.3) is 0 Å². The number of aliphatic hydroxyl groups is 2. The normalized spacial score (nSPS) is 19.3. The van der Waals surface area contributed by atoms with E-state index in [2.05, 4.69) is 14.9 Å². The van der Waals surface area contributed by atoms with Crippen LogP contribution in [0.15, 0.2) is 12.4 Å². The Hall–Kier alpha value is -1.40. The second-order valence-corrected chi connectivity index (χ2v) is 4.55. The van der Waals surface area contributed by atoms with Crippen LogP contribution >= 0.6 is 0 Å². The molecule has 0 bridgehead atoms. The lowest BCUT2D eigenvalue weighted by molar-refractivity contribution is 0.266. The molecule has 2 rings (SSSR count). The molecule has 6 nitrogen and oxygen atoms in total. The zero-order valence-electron chi connectivity index (χ0n) is 10.7. The number of likely N-dealkylation sites (N-methyl/N-ethyl adjacent to an activating group) is 1. The van der Waals surface area contributed by atoms with Crippen molar-refractivity contribution in [3.05, 3.63) is 12.4 Å². The van der Waals surface area contributed by atoms with Gasteiger partial charge in [-0.25, -0.2) is 9.97 Å². The number of aromatic nitrogens is 2. The molecule has 100 valence electrons. The van der Waals surface area contributed by atoms with Gasteiger partial charge in [-0.15, -0.1) is 0 Å². The Morgan fingerprint density at radius 1 is 1.44 bits per heavy atom. The lowest BCUT2D eigenvalue weighted by Crippen LogP contribution is -2.33. The molecular formula is C12H20N4O2. The molecule has 0 aliphatic carbocycles. The summed E-state index contributed by atoms with van der Waals surface area (Å²) in [5.74, 6) is 1.64. The van der Waals surface area contributed by atoms with E-state index in [4.69, 9.17) is 5.11 Å². The lowest BCUT2D eigenvalue weighted by Gasteiger charge is -2.25. The Kier molecular flexibility index (Phi) is 4.33. The van der Waals surface area contributed by atoms with Gasteiger partial charge in [0.15, 0.2) is 0 Å². The third kappa shape index (κ3) is 2.70. The summed E-state index contributed by atoms with van der Waals surface area (Å²) in [7, 11) is 1.88. The molecule has 0 spiro atoms. The molecule has 1 aliphatic rings. The molecule has 18 heavy (non-hydrogen) atoms. The van der Waals surface area contributed by atoms with Crippen molar-refractivity contribution in [2.75, 3.05) is 43.2 Å². The topological polar surface area (TPSA) is 72.7 Å². The minimum absolute atomic E-state index is 0.0960. The van der Waals surface area contributed by atoms with Crippen molar-refractivity contribution in [1.82, 2.24) is 9.97 Å². The van der Waals surface area contributed by atoms with Crippen LogP contribution in [0.2, 0.25) is 0 Å². The summed E-state index contributed by atoms with van der Waals surface area (Å²) >= 11 is 0. The predicted octanol–water partition coefficient (Wildman–Crippen LogP) is -0.134. The minimum Gasteiger partial charge on any atom is -0.395 e. The van der Waals surface area contributed by atoms with Gasteiger partial charge >= 0.3 is 0 Å². The van der Waals surface area contributed by atoms with E-state index < -0.39 is 0 Å². The standard InChI is InChI=1S/C12H20N4O2/c1-15(5-6-17)11-7-12(14-9-13-11)16-4-2-3-10(16)8-18/h7,9-10,17-18H,2-6,8H2,1H3.